The van der Waals surface area contributed by atoms with Gasteiger partial charge in [0.2, 0.25) is 11.8 Å². The third-order valence-electron chi connectivity index (χ3n) is 4.46. The van der Waals surface area contributed by atoms with Crippen molar-refractivity contribution in [2.45, 2.75) is 43.4 Å². The Bertz CT molecular complexity index is 778. The largest absolute Gasteiger partial charge is 0.444 e. The zero-order chi connectivity index (χ0) is 18.6. The number of carbonyl (C=O) groups excluding carboxylic acids is 3. The molecule has 3 rings (SSSR count). The highest BCUT2D eigenvalue weighted by Crippen LogP contribution is 2.48. The molecular weight excluding hydrogens is 340 g/mol. The first kappa shape index (κ1) is 17.4. The monoisotopic (exact) mass is 359 g/mol. The molecule has 2 aliphatic rings. The van der Waals surface area contributed by atoms with Crippen molar-refractivity contribution < 1.29 is 19.1 Å². The van der Waals surface area contributed by atoms with Crippen LogP contribution in [0.5, 0.6) is 0 Å². The smallest absolute Gasteiger partial charge is 0.410 e. The molecule has 0 aromatic carbocycles. The number of nitrogens with two attached hydrogens (primary N) is 1. The van der Waals surface area contributed by atoms with Crippen LogP contribution in [0.15, 0.2) is 18.3 Å². The van der Waals surface area contributed by atoms with Crippen molar-refractivity contribution in [3.05, 3.63) is 23.9 Å². The van der Waals surface area contributed by atoms with Gasteiger partial charge in [0.1, 0.15) is 16.6 Å². The first-order chi connectivity index (χ1) is 11.5. The Labute approximate surface area is 148 Å². The predicted octanol–water partition coefficient (Wildman–Crippen LogP) is 0.262. The van der Waals surface area contributed by atoms with Gasteiger partial charge < -0.3 is 15.8 Å². The number of likely N-dealkylation sites (tertiary alicyclic amines) is 1. The number of rotatable bonds is 1. The van der Waals surface area contributed by atoms with Crippen LogP contribution >= 0.6 is 0 Å². The van der Waals surface area contributed by atoms with E-state index in [1.54, 1.807) is 39.1 Å². The van der Waals surface area contributed by atoms with Gasteiger partial charge in [-0.1, -0.05) is 6.07 Å². The summed E-state index contributed by atoms with van der Waals surface area (Å²) in [4.78, 5) is 42.8. The number of pyridine rings is 1. The van der Waals surface area contributed by atoms with Gasteiger partial charge in [0.25, 0.3) is 0 Å². The number of hydrogen-bond donors (Lipinski definition) is 2. The van der Waals surface area contributed by atoms with Crippen LogP contribution in [0.2, 0.25) is 0 Å². The molecule has 3 N–H and O–H groups in total. The number of ether oxygens (including phenoxy) is 1. The zero-order valence-corrected chi connectivity index (χ0v) is 15.3. The molecule has 9 heteroatoms. The molecular formula is C16H19N4O4Si. The summed E-state index contributed by atoms with van der Waals surface area (Å²) in [6.07, 6.45) is 0.840. The van der Waals surface area contributed by atoms with Crippen LogP contribution in [0.4, 0.5) is 10.6 Å². The maximum atomic E-state index is 12.7. The van der Waals surface area contributed by atoms with E-state index in [1.807, 2.05) is 0 Å². The van der Waals surface area contributed by atoms with Crippen LogP contribution in [0.1, 0.15) is 32.8 Å². The second-order valence-corrected chi connectivity index (χ2v) is 8.23. The van der Waals surface area contributed by atoms with Gasteiger partial charge in [-0.05, 0) is 33.3 Å². The standard InChI is InChI=1S/C16H19N4O4Si/c1-14(2,3)24-13(23)20-8-15(7-16(20,25)11(17)21)9-5-4-6-18-10(9)19-12(15)22/h4-6H,7-8H2,1-3H3,(H2,17,21)(H,18,19,22)/t15-,16+/m0/s1. The fourth-order valence-corrected chi connectivity index (χ4v) is 3.80. The molecule has 1 saturated heterocycles. The number of nitrogens with zero attached hydrogens (tertiary/aromatic N) is 2. The number of nitrogens with one attached hydrogen (secondary N) is 1. The molecule has 0 bridgehead atoms. The highest BCUT2D eigenvalue weighted by atomic mass is 28.1. The Morgan fingerprint density at radius 3 is 2.72 bits per heavy atom. The van der Waals surface area contributed by atoms with Gasteiger partial charge >= 0.3 is 6.09 Å². The SMILES string of the molecule is CC(C)(C)OC(=O)N1C[C@]2(C[C@@]1([Si])C(N)=O)C(=O)Nc1ncccc12. The Balaban J connectivity index is 2.06. The van der Waals surface area contributed by atoms with E-state index in [1.165, 1.54) is 4.90 Å². The van der Waals surface area contributed by atoms with Crippen LogP contribution in [0.3, 0.4) is 0 Å². The summed E-state index contributed by atoms with van der Waals surface area (Å²) in [6, 6.07) is 3.46. The van der Waals surface area contributed by atoms with Crippen molar-refractivity contribution in [3.63, 3.8) is 0 Å². The molecule has 1 aromatic rings. The predicted molar refractivity (Wildman–Crippen MR) is 89.8 cm³/mol. The first-order valence-electron chi connectivity index (χ1n) is 7.82. The molecule has 3 amide bonds. The zero-order valence-electron chi connectivity index (χ0n) is 14.3. The van der Waals surface area contributed by atoms with Gasteiger partial charge in [-0.2, -0.15) is 0 Å². The average Bonchev–Trinajstić information content (AvgIpc) is 2.95. The number of hydrogen-bond acceptors (Lipinski definition) is 5. The quantitative estimate of drug-likeness (QED) is 0.698. The van der Waals surface area contributed by atoms with Crippen molar-refractivity contribution in [2.75, 3.05) is 11.9 Å². The number of amides is 3. The van der Waals surface area contributed by atoms with Crippen LogP contribution in [0.25, 0.3) is 0 Å². The summed E-state index contributed by atoms with van der Waals surface area (Å²) in [6.45, 7) is 5.12. The third kappa shape index (κ3) is 2.58. The van der Waals surface area contributed by atoms with E-state index in [4.69, 9.17) is 10.5 Å². The lowest BCUT2D eigenvalue weighted by Gasteiger charge is -2.33. The summed E-state index contributed by atoms with van der Waals surface area (Å²) in [5, 5.41) is 1.18. The molecule has 0 aliphatic carbocycles. The molecule has 8 nitrogen and oxygen atoms in total. The number of carbonyl (C=O) groups is 3. The topological polar surface area (TPSA) is 115 Å². The van der Waals surface area contributed by atoms with Crippen molar-refractivity contribution in [2.24, 2.45) is 5.73 Å². The molecule has 3 heterocycles. The van der Waals surface area contributed by atoms with Gasteiger partial charge in [0.05, 0.1) is 15.7 Å². The van der Waals surface area contributed by atoms with Gasteiger partial charge in [-0.25, -0.2) is 9.78 Å². The minimum Gasteiger partial charge on any atom is -0.444 e. The fraction of sp³-hybridized carbons (Fsp3) is 0.500. The molecule has 25 heavy (non-hydrogen) atoms. The van der Waals surface area contributed by atoms with Gasteiger partial charge in [0.15, 0.2) is 0 Å². The molecule has 1 aromatic heterocycles. The lowest BCUT2D eigenvalue weighted by Crippen LogP contribution is -2.57. The molecule has 131 valence electrons. The van der Waals surface area contributed by atoms with E-state index in [0.29, 0.717) is 11.4 Å². The highest BCUT2D eigenvalue weighted by molar-refractivity contribution is 6.30. The Morgan fingerprint density at radius 2 is 2.12 bits per heavy atom. The van der Waals surface area contributed by atoms with Crippen molar-refractivity contribution in [3.8, 4) is 0 Å². The van der Waals surface area contributed by atoms with Crippen molar-refractivity contribution in [1.29, 1.82) is 0 Å². The number of fused-ring (bicyclic) bond motifs is 2. The van der Waals surface area contributed by atoms with Crippen LogP contribution in [0, 0.1) is 0 Å². The number of aromatic nitrogens is 1. The lowest BCUT2D eigenvalue weighted by molar-refractivity contribution is -0.124. The van der Waals surface area contributed by atoms with E-state index >= 15 is 0 Å². The molecule has 2 aliphatic heterocycles. The average molecular weight is 359 g/mol. The van der Waals surface area contributed by atoms with Gasteiger partial charge in [0, 0.05) is 18.3 Å². The van der Waals surface area contributed by atoms with Gasteiger partial charge in [-0.3, -0.25) is 14.5 Å². The van der Waals surface area contributed by atoms with Crippen LogP contribution < -0.4 is 11.1 Å². The van der Waals surface area contributed by atoms with Gasteiger partial charge in [-0.15, -0.1) is 0 Å². The van der Waals surface area contributed by atoms with Crippen LogP contribution in [-0.2, 0) is 19.7 Å². The fourth-order valence-electron chi connectivity index (χ4n) is 3.32. The molecule has 2 atom stereocenters. The highest BCUT2D eigenvalue weighted by Gasteiger charge is 2.63. The summed E-state index contributed by atoms with van der Waals surface area (Å²) in [5.74, 6) is -0.662. The van der Waals surface area contributed by atoms with E-state index < -0.39 is 28.2 Å². The maximum absolute atomic E-state index is 12.7. The number of primary amides is 1. The van der Waals surface area contributed by atoms with Crippen molar-refractivity contribution in [1.82, 2.24) is 9.88 Å². The molecule has 1 spiro atoms. The summed E-state index contributed by atoms with van der Waals surface area (Å²) in [7, 11) is 3.36. The first-order valence-corrected chi connectivity index (χ1v) is 8.32. The third-order valence-corrected chi connectivity index (χ3v) is 5.15. The Kier molecular flexibility index (Phi) is 3.68. The van der Waals surface area contributed by atoms with E-state index in [0.717, 1.165) is 0 Å². The molecule has 0 unspecified atom stereocenters. The van der Waals surface area contributed by atoms with Crippen LogP contribution in [-0.4, -0.2) is 55.3 Å². The Morgan fingerprint density at radius 1 is 1.44 bits per heavy atom. The second kappa shape index (κ2) is 5.28. The minimum atomic E-state index is -1.53. The van der Waals surface area contributed by atoms with E-state index in [-0.39, 0.29) is 18.9 Å². The Hall–Kier alpha value is -2.42. The van der Waals surface area contributed by atoms with E-state index in [9.17, 15) is 14.4 Å². The molecule has 0 saturated carbocycles. The normalized spacial score (nSPS) is 28.0. The summed E-state index contributed by atoms with van der Waals surface area (Å²) >= 11 is 0. The molecule has 3 radical (unpaired) electrons. The second-order valence-electron chi connectivity index (χ2n) is 7.40. The van der Waals surface area contributed by atoms with Crippen molar-refractivity contribution >= 4 is 34.0 Å². The lowest BCUT2D eigenvalue weighted by atomic mass is 9.80. The maximum Gasteiger partial charge on any atom is 0.410 e. The summed E-state index contributed by atoms with van der Waals surface area (Å²) < 4.78 is 5.39. The molecule has 1 fully saturated rings. The number of anilines is 1. The summed E-state index contributed by atoms with van der Waals surface area (Å²) in [5.41, 5.74) is 4.32. The minimum absolute atomic E-state index is 0.00398. The van der Waals surface area contributed by atoms with E-state index in [2.05, 4.69) is 20.5 Å².